The first-order chi connectivity index (χ1) is 8.72. The maximum atomic E-state index is 5.25. The number of hydrogen-bond donors (Lipinski definition) is 1. The molecule has 0 aliphatic carbocycles. The lowest BCUT2D eigenvalue weighted by molar-refractivity contribution is 0.185. The highest BCUT2D eigenvalue weighted by molar-refractivity contribution is 9.10. The van der Waals surface area contributed by atoms with Crippen LogP contribution in [0.25, 0.3) is 0 Å². The maximum absolute atomic E-state index is 5.25. The standard InChI is InChI=1S/C14H16BrNOS/c1-10(14-7-4-8-18-14)16-13-6-3-5-12(15)11(13)9-17-2/h3-8,10,16H,9H2,1-2H3. The summed E-state index contributed by atoms with van der Waals surface area (Å²) in [5.74, 6) is 0. The molecule has 0 amide bonds. The normalized spacial score (nSPS) is 12.4. The van der Waals surface area contributed by atoms with Gasteiger partial charge in [0.05, 0.1) is 12.6 Å². The van der Waals surface area contributed by atoms with Crippen LogP contribution in [0.3, 0.4) is 0 Å². The van der Waals surface area contributed by atoms with E-state index in [2.05, 4.69) is 51.7 Å². The SMILES string of the molecule is COCc1c(Br)cccc1NC(C)c1cccs1. The van der Waals surface area contributed by atoms with Crippen LogP contribution in [0.1, 0.15) is 23.4 Å². The largest absolute Gasteiger partial charge is 0.380 e. The van der Waals surface area contributed by atoms with Crippen molar-refractivity contribution in [2.75, 3.05) is 12.4 Å². The zero-order chi connectivity index (χ0) is 13.0. The molecule has 96 valence electrons. The van der Waals surface area contributed by atoms with Gasteiger partial charge in [-0.05, 0) is 30.5 Å². The van der Waals surface area contributed by atoms with E-state index in [-0.39, 0.29) is 0 Å². The molecule has 0 spiro atoms. The van der Waals surface area contributed by atoms with Gasteiger partial charge in [0.25, 0.3) is 0 Å². The van der Waals surface area contributed by atoms with Crippen LogP contribution in [0.2, 0.25) is 0 Å². The molecule has 0 aliphatic heterocycles. The Hall–Kier alpha value is -0.840. The highest BCUT2D eigenvalue weighted by atomic mass is 79.9. The number of hydrogen-bond acceptors (Lipinski definition) is 3. The number of methoxy groups -OCH3 is 1. The predicted molar refractivity (Wildman–Crippen MR) is 81.2 cm³/mol. The summed E-state index contributed by atoms with van der Waals surface area (Å²) in [6, 6.07) is 10.7. The van der Waals surface area contributed by atoms with E-state index in [0.29, 0.717) is 12.6 Å². The van der Waals surface area contributed by atoms with E-state index >= 15 is 0 Å². The molecule has 0 fully saturated rings. The molecular formula is C14H16BrNOS. The molecule has 4 heteroatoms. The van der Waals surface area contributed by atoms with Crippen LogP contribution in [0.5, 0.6) is 0 Å². The Morgan fingerprint density at radius 2 is 2.17 bits per heavy atom. The summed E-state index contributed by atoms with van der Waals surface area (Å²) in [6.07, 6.45) is 0. The van der Waals surface area contributed by atoms with Crippen molar-refractivity contribution < 1.29 is 4.74 Å². The summed E-state index contributed by atoms with van der Waals surface area (Å²) in [6.45, 7) is 2.77. The lowest BCUT2D eigenvalue weighted by Crippen LogP contribution is -2.07. The van der Waals surface area contributed by atoms with Gasteiger partial charge in [-0.15, -0.1) is 11.3 Å². The minimum Gasteiger partial charge on any atom is -0.380 e. The molecule has 1 aromatic carbocycles. The van der Waals surface area contributed by atoms with E-state index in [1.54, 1.807) is 18.4 Å². The molecule has 2 aromatic rings. The number of nitrogens with one attached hydrogen (secondary N) is 1. The van der Waals surface area contributed by atoms with Gasteiger partial charge in [0.1, 0.15) is 0 Å². The third-order valence-corrected chi connectivity index (χ3v) is 4.55. The number of benzene rings is 1. The highest BCUT2D eigenvalue weighted by Gasteiger charge is 2.11. The zero-order valence-electron chi connectivity index (χ0n) is 10.4. The van der Waals surface area contributed by atoms with Crippen LogP contribution >= 0.6 is 27.3 Å². The van der Waals surface area contributed by atoms with Gasteiger partial charge >= 0.3 is 0 Å². The second-order valence-corrected chi connectivity index (χ2v) is 5.91. The third-order valence-electron chi connectivity index (χ3n) is 2.75. The minimum atomic E-state index is 0.301. The highest BCUT2D eigenvalue weighted by Crippen LogP contribution is 2.29. The molecule has 1 unspecified atom stereocenters. The smallest absolute Gasteiger partial charge is 0.0744 e. The fraction of sp³-hybridized carbons (Fsp3) is 0.286. The van der Waals surface area contributed by atoms with Crippen LogP contribution in [-0.2, 0) is 11.3 Å². The van der Waals surface area contributed by atoms with Crippen molar-refractivity contribution in [1.82, 2.24) is 0 Å². The number of ether oxygens (including phenoxy) is 1. The van der Waals surface area contributed by atoms with Crippen LogP contribution < -0.4 is 5.32 Å². The Bertz CT molecular complexity index is 499. The number of thiophene rings is 1. The summed E-state index contributed by atoms with van der Waals surface area (Å²) in [7, 11) is 1.71. The molecule has 2 nitrogen and oxygen atoms in total. The van der Waals surface area contributed by atoms with Crippen LogP contribution in [0.15, 0.2) is 40.2 Å². The Balaban J connectivity index is 2.20. The Morgan fingerprint density at radius 1 is 1.33 bits per heavy atom. The maximum Gasteiger partial charge on any atom is 0.0744 e. The van der Waals surface area contributed by atoms with E-state index in [1.807, 2.05) is 12.1 Å². The third kappa shape index (κ3) is 3.13. The summed E-state index contributed by atoms with van der Waals surface area (Å²) >= 11 is 5.34. The van der Waals surface area contributed by atoms with Crippen molar-refractivity contribution in [2.45, 2.75) is 19.6 Å². The molecule has 0 saturated heterocycles. The molecule has 1 N–H and O–H groups in total. The summed E-state index contributed by atoms with van der Waals surface area (Å²) in [5.41, 5.74) is 2.27. The van der Waals surface area contributed by atoms with Crippen molar-refractivity contribution in [3.8, 4) is 0 Å². The number of rotatable bonds is 5. The predicted octanol–water partition coefficient (Wildman–Crippen LogP) is 4.83. The van der Waals surface area contributed by atoms with E-state index in [4.69, 9.17) is 4.74 Å². The van der Waals surface area contributed by atoms with E-state index in [0.717, 1.165) is 15.7 Å². The summed E-state index contributed by atoms with van der Waals surface area (Å²) in [5, 5.41) is 5.64. The van der Waals surface area contributed by atoms with Gasteiger partial charge in [0.2, 0.25) is 0 Å². The second kappa shape index (κ2) is 6.36. The van der Waals surface area contributed by atoms with Crippen molar-refractivity contribution >= 4 is 33.0 Å². The molecule has 0 bridgehead atoms. The first-order valence-electron chi connectivity index (χ1n) is 5.78. The fourth-order valence-electron chi connectivity index (χ4n) is 1.83. The second-order valence-electron chi connectivity index (χ2n) is 4.08. The van der Waals surface area contributed by atoms with Crippen molar-refractivity contribution in [1.29, 1.82) is 0 Å². The Labute approximate surface area is 120 Å². The van der Waals surface area contributed by atoms with E-state index in [1.165, 1.54) is 4.88 Å². The zero-order valence-corrected chi connectivity index (χ0v) is 12.8. The van der Waals surface area contributed by atoms with Gasteiger partial charge in [-0.25, -0.2) is 0 Å². The quantitative estimate of drug-likeness (QED) is 0.850. The monoisotopic (exact) mass is 325 g/mol. The molecule has 18 heavy (non-hydrogen) atoms. The Morgan fingerprint density at radius 3 is 2.83 bits per heavy atom. The fourth-order valence-corrected chi connectivity index (χ4v) is 3.04. The van der Waals surface area contributed by atoms with Gasteiger partial charge in [-0.1, -0.05) is 28.1 Å². The van der Waals surface area contributed by atoms with Crippen LogP contribution in [0.4, 0.5) is 5.69 Å². The first kappa shape index (κ1) is 13.6. The molecule has 1 aromatic heterocycles. The molecule has 0 saturated carbocycles. The molecule has 0 aliphatic rings. The average molecular weight is 326 g/mol. The topological polar surface area (TPSA) is 21.3 Å². The first-order valence-corrected chi connectivity index (χ1v) is 7.46. The molecule has 2 rings (SSSR count). The lowest BCUT2D eigenvalue weighted by Gasteiger charge is -2.18. The van der Waals surface area contributed by atoms with Gasteiger partial charge < -0.3 is 10.1 Å². The van der Waals surface area contributed by atoms with Crippen molar-refractivity contribution in [3.63, 3.8) is 0 Å². The number of halogens is 1. The molecule has 0 radical (unpaired) electrons. The van der Waals surface area contributed by atoms with Crippen LogP contribution in [0, 0.1) is 0 Å². The van der Waals surface area contributed by atoms with Gasteiger partial charge in [-0.2, -0.15) is 0 Å². The van der Waals surface area contributed by atoms with Crippen molar-refractivity contribution in [2.24, 2.45) is 0 Å². The average Bonchev–Trinajstić information content (AvgIpc) is 2.87. The van der Waals surface area contributed by atoms with E-state index < -0.39 is 0 Å². The Kier molecular flexibility index (Phi) is 4.80. The van der Waals surface area contributed by atoms with E-state index in [9.17, 15) is 0 Å². The van der Waals surface area contributed by atoms with Gasteiger partial charge in [0, 0.05) is 27.7 Å². The van der Waals surface area contributed by atoms with Crippen LogP contribution in [-0.4, -0.2) is 7.11 Å². The summed E-state index contributed by atoms with van der Waals surface area (Å²) < 4.78 is 6.33. The minimum absolute atomic E-state index is 0.301. The number of anilines is 1. The van der Waals surface area contributed by atoms with Gasteiger partial charge in [0.15, 0.2) is 0 Å². The molecule has 1 atom stereocenters. The molecule has 1 heterocycles. The van der Waals surface area contributed by atoms with Crippen molar-refractivity contribution in [3.05, 3.63) is 50.6 Å². The lowest BCUT2D eigenvalue weighted by atomic mass is 10.1. The molecular weight excluding hydrogens is 310 g/mol. The summed E-state index contributed by atoms with van der Waals surface area (Å²) in [4.78, 5) is 1.33. The van der Waals surface area contributed by atoms with Gasteiger partial charge in [-0.3, -0.25) is 0 Å².